The van der Waals surface area contributed by atoms with Gasteiger partial charge < -0.3 is 15.0 Å². The van der Waals surface area contributed by atoms with E-state index < -0.39 is 0 Å². The Balaban J connectivity index is 1.74. The van der Waals surface area contributed by atoms with Crippen LogP contribution >= 0.6 is 0 Å². The third-order valence-corrected chi connectivity index (χ3v) is 3.23. The summed E-state index contributed by atoms with van der Waals surface area (Å²) in [5.74, 6) is 1.48. The molecule has 0 saturated carbocycles. The second-order valence-electron chi connectivity index (χ2n) is 4.78. The van der Waals surface area contributed by atoms with Gasteiger partial charge in [0.2, 0.25) is 17.8 Å². The normalized spacial score (nSPS) is 14.9. The number of aromatic nitrogens is 4. The molecule has 1 aliphatic rings. The Labute approximate surface area is 133 Å². The van der Waals surface area contributed by atoms with Crippen LogP contribution in [0.2, 0.25) is 0 Å². The predicted molar refractivity (Wildman–Crippen MR) is 87.9 cm³/mol. The van der Waals surface area contributed by atoms with Gasteiger partial charge in [0.1, 0.15) is 0 Å². The second kappa shape index (κ2) is 7.45. The molecule has 0 aliphatic carbocycles. The van der Waals surface area contributed by atoms with Crippen molar-refractivity contribution >= 4 is 24.1 Å². The van der Waals surface area contributed by atoms with Crippen molar-refractivity contribution in [2.75, 3.05) is 49.0 Å². The number of anilines is 3. The number of hydrogen-bond acceptors (Lipinski definition) is 9. The van der Waals surface area contributed by atoms with Crippen molar-refractivity contribution in [3.8, 4) is 0 Å². The number of morpholine rings is 1. The van der Waals surface area contributed by atoms with E-state index in [1.165, 1.54) is 0 Å². The number of hydrogen-bond donors (Lipinski definition) is 2. The molecule has 1 fully saturated rings. The second-order valence-corrected chi connectivity index (χ2v) is 4.78. The topological polar surface area (TPSA) is 100 Å². The lowest BCUT2D eigenvalue weighted by molar-refractivity contribution is 0.122. The Morgan fingerprint density at radius 2 is 1.87 bits per heavy atom. The Morgan fingerprint density at radius 1 is 1.13 bits per heavy atom. The molecule has 3 rings (SSSR count). The molecule has 2 N–H and O–H groups in total. The molecule has 0 bridgehead atoms. The highest BCUT2D eigenvalue weighted by molar-refractivity contribution is 5.79. The van der Waals surface area contributed by atoms with Crippen molar-refractivity contribution in [1.29, 1.82) is 0 Å². The average Bonchev–Trinajstić information content (AvgIpc) is 2.63. The lowest BCUT2D eigenvalue weighted by Crippen LogP contribution is -2.37. The van der Waals surface area contributed by atoms with E-state index in [0.717, 1.165) is 18.7 Å². The molecule has 9 nitrogen and oxygen atoms in total. The number of ether oxygens (including phenoxy) is 1. The smallest absolute Gasteiger partial charge is 0.250 e. The van der Waals surface area contributed by atoms with Crippen LogP contribution in [0.3, 0.4) is 0 Å². The Morgan fingerprint density at radius 3 is 2.61 bits per heavy atom. The predicted octanol–water partition coefficient (Wildman–Crippen LogP) is 0.591. The zero-order valence-corrected chi connectivity index (χ0v) is 12.8. The minimum Gasteiger partial charge on any atom is -0.378 e. The maximum absolute atomic E-state index is 5.35. The summed E-state index contributed by atoms with van der Waals surface area (Å²) in [4.78, 5) is 19.1. The van der Waals surface area contributed by atoms with Gasteiger partial charge in [-0.05, 0) is 17.7 Å². The highest BCUT2D eigenvalue weighted by Gasteiger charge is 2.16. The first-order valence-corrected chi connectivity index (χ1v) is 7.31. The van der Waals surface area contributed by atoms with Gasteiger partial charge in [0.25, 0.3) is 0 Å². The van der Waals surface area contributed by atoms with Crippen LogP contribution in [-0.2, 0) is 4.74 Å². The average molecular weight is 314 g/mol. The molecule has 3 heterocycles. The van der Waals surface area contributed by atoms with Crippen LogP contribution in [-0.4, -0.2) is 59.5 Å². The number of nitrogens with one attached hydrogen (secondary N) is 2. The highest BCUT2D eigenvalue weighted by atomic mass is 16.5. The molecular formula is C14H18N8O. The van der Waals surface area contributed by atoms with Crippen molar-refractivity contribution in [2.24, 2.45) is 5.10 Å². The van der Waals surface area contributed by atoms with Gasteiger partial charge in [0.15, 0.2) is 0 Å². The van der Waals surface area contributed by atoms with E-state index in [1.807, 2.05) is 12.1 Å². The largest absolute Gasteiger partial charge is 0.378 e. The van der Waals surface area contributed by atoms with Crippen molar-refractivity contribution in [2.45, 2.75) is 0 Å². The van der Waals surface area contributed by atoms with Gasteiger partial charge in [-0.2, -0.15) is 20.1 Å². The lowest BCUT2D eigenvalue weighted by atomic mass is 10.3. The fourth-order valence-electron chi connectivity index (χ4n) is 2.05. The summed E-state index contributed by atoms with van der Waals surface area (Å²) >= 11 is 0. The van der Waals surface area contributed by atoms with Crippen LogP contribution in [0.25, 0.3) is 0 Å². The van der Waals surface area contributed by atoms with Crippen LogP contribution in [0, 0.1) is 0 Å². The van der Waals surface area contributed by atoms with Crippen molar-refractivity contribution < 1.29 is 4.74 Å². The number of nitrogens with zero attached hydrogens (tertiary/aromatic N) is 6. The van der Waals surface area contributed by atoms with Crippen LogP contribution in [0.5, 0.6) is 0 Å². The van der Waals surface area contributed by atoms with Gasteiger partial charge in [-0.25, -0.2) is 5.43 Å². The number of pyridine rings is 1. The third-order valence-electron chi connectivity index (χ3n) is 3.23. The summed E-state index contributed by atoms with van der Waals surface area (Å²) < 4.78 is 5.35. The van der Waals surface area contributed by atoms with E-state index in [9.17, 15) is 0 Å². The zero-order chi connectivity index (χ0) is 15.9. The van der Waals surface area contributed by atoms with Crippen LogP contribution in [0.15, 0.2) is 29.6 Å². The summed E-state index contributed by atoms with van der Waals surface area (Å²) in [7, 11) is 1.77. The first-order chi connectivity index (χ1) is 11.3. The van der Waals surface area contributed by atoms with Crippen LogP contribution < -0.4 is 15.6 Å². The molecule has 1 aliphatic heterocycles. The van der Waals surface area contributed by atoms with Crippen molar-refractivity contribution in [1.82, 2.24) is 19.9 Å². The van der Waals surface area contributed by atoms with E-state index in [4.69, 9.17) is 4.74 Å². The summed E-state index contributed by atoms with van der Waals surface area (Å²) in [6, 6.07) is 3.72. The monoisotopic (exact) mass is 314 g/mol. The van der Waals surface area contributed by atoms with Gasteiger partial charge in [0, 0.05) is 32.5 Å². The molecule has 9 heteroatoms. The minimum atomic E-state index is 0.385. The maximum Gasteiger partial charge on any atom is 0.250 e. The summed E-state index contributed by atoms with van der Waals surface area (Å²) in [5.41, 5.74) is 3.77. The SMILES string of the molecule is CNc1nc(NN=Cc2ccncc2)nc(N2CCOCC2)n1. The fourth-order valence-corrected chi connectivity index (χ4v) is 2.05. The van der Waals surface area contributed by atoms with E-state index in [0.29, 0.717) is 31.1 Å². The Hall–Kier alpha value is -2.81. The van der Waals surface area contributed by atoms with Gasteiger partial charge in [0.05, 0.1) is 19.4 Å². The van der Waals surface area contributed by atoms with Crippen LogP contribution in [0.4, 0.5) is 17.8 Å². The quantitative estimate of drug-likeness (QED) is 0.611. The van der Waals surface area contributed by atoms with E-state index in [1.54, 1.807) is 25.7 Å². The molecule has 0 amide bonds. The molecular weight excluding hydrogens is 296 g/mol. The molecule has 0 atom stereocenters. The molecule has 0 spiro atoms. The maximum atomic E-state index is 5.35. The lowest BCUT2D eigenvalue weighted by Gasteiger charge is -2.26. The first kappa shape index (κ1) is 15.1. The highest BCUT2D eigenvalue weighted by Crippen LogP contribution is 2.14. The standard InChI is InChI=1S/C14H18N8O/c1-15-12-18-13(21-17-10-11-2-4-16-5-3-11)20-14(19-12)22-6-8-23-9-7-22/h2-5,10H,6-9H2,1H3,(H2,15,18,19,20,21). The zero-order valence-electron chi connectivity index (χ0n) is 12.8. The number of rotatable bonds is 5. The van der Waals surface area contributed by atoms with Gasteiger partial charge in [-0.1, -0.05) is 0 Å². The summed E-state index contributed by atoms with van der Waals surface area (Å²) in [5, 5.41) is 7.08. The van der Waals surface area contributed by atoms with Gasteiger partial charge >= 0.3 is 0 Å². The summed E-state index contributed by atoms with van der Waals surface area (Å²) in [6.07, 6.45) is 5.10. The van der Waals surface area contributed by atoms with E-state index >= 15 is 0 Å². The minimum absolute atomic E-state index is 0.385. The Kier molecular flexibility index (Phi) is 4.89. The first-order valence-electron chi connectivity index (χ1n) is 7.31. The van der Waals surface area contributed by atoms with Crippen LogP contribution in [0.1, 0.15) is 5.56 Å². The van der Waals surface area contributed by atoms with E-state index in [-0.39, 0.29) is 0 Å². The van der Waals surface area contributed by atoms with E-state index in [2.05, 4.69) is 40.7 Å². The van der Waals surface area contributed by atoms with Gasteiger partial charge in [-0.3, -0.25) is 4.98 Å². The Bertz CT molecular complexity index is 657. The molecule has 120 valence electrons. The molecule has 0 radical (unpaired) electrons. The molecule has 23 heavy (non-hydrogen) atoms. The molecule has 0 unspecified atom stereocenters. The molecule has 2 aromatic heterocycles. The van der Waals surface area contributed by atoms with Gasteiger partial charge in [-0.15, -0.1) is 0 Å². The molecule has 2 aromatic rings. The summed E-state index contributed by atoms with van der Waals surface area (Å²) in [6.45, 7) is 2.85. The van der Waals surface area contributed by atoms with Crippen molar-refractivity contribution in [3.63, 3.8) is 0 Å². The number of hydrazone groups is 1. The fraction of sp³-hybridized carbons (Fsp3) is 0.357. The molecule has 1 saturated heterocycles. The van der Waals surface area contributed by atoms with Crippen molar-refractivity contribution in [3.05, 3.63) is 30.1 Å². The molecule has 0 aromatic carbocycles. The third kappa shape index (κ3) is 4.10.